The van der Waals surface area contributed by atoms with E-state index in [4.69, 9.17) is 23.7 Å². The fraction of sp³-hybridized carbons (Fsp3) is 0.533. The maximum absolute atomic E-state index is 13.8. The number of nitrogens with zero attached hydrogens (tertiary/aromatic N) is 1. The molecule has 0 radical (unpaired) electrons. The summed E-state index contributed by atoms with van der Waals surface area (Å²) in [6, 6.07) is 7.35. The third-order valence-corrected chi connectivity index (χ3v) is 6.68. The van der Waals surface area contributed by atoms with Gasteiger partial charge in [0.2, 0.25) is 6.79 Å². The first kappa shape index (κ1) is 32.5. The van der Waals surface area contributed by atoms with Gasteiger partial charge in [0.05, 0.1) is 13.0 Å². The fourth-order valence-corrected chi connectivity index (χ4v) is 4.35. The Morgan fingerprint density at radius 1 is 1.05 bits per heavy atom. The average molecular weight is 562 g/mol. The van der Waals surface area contributed by atoms with Gasteiger partial charge in [-0.1, -0.05) is 33.8 Å². The Hall–Kier alpha value is -3.69. The minimum Gasteiger partial charge on any atom is -0.493 e. The van der Waals surface area contributed by atoms with Gasteiger partial charge in [-0.15, -0.1) is 0 Å². The van der Waals surface area contributed by atoms with Gasteiger partial charge >= 0.3 is 11.9 Å². The van der Waals surface area contributed by atoms with E-state index in [-0.39, 0.29) is 35.4 Å². The Morgan fingerprint density at radius 3 is 2.33 bits per heavy atom. The van der Waals surface area contributed by atoms with Crippen molar-refractivity contribution >= 4 is 17.7 Å². The van der Waals surface area contributed by atoms with Crippen LogP contribution < -0.4 is 14.2 Å². The van der Waals surface area contributed by atoms with E-state index in [2.05, 4.69) is 4.98 Å². The summed E-state index contributed by atoms with van der Waals surface area (Å²) in [7, 11) is 1.40. The minimum atomic E-state index is -0.791. The van der Waals surface area contributed by atoms with Crippen LogP contribution in [0.25, 0.3) is 0 Å². The molecule has 0 aliphatic heterocycles. The van der Waals surface area contributed by atoms with Gasteiger partial charge in [0, 0.05) is 31.7 Å². The molecule has 0 saturated carbocycles. The van der Waals surface area contributed by atoms with Crippen LogP contribution in [0.5, 0.6) is 17.2 Å². The summed E-state index contributed by atoms with van der Waals surface area (Å²) in [6.07, 6.45) is 1.53. The van der Waals surface area contributed by atoms with Crippen LogP contribution in [-0.4, -0.2) is 48.8 Å². The lowest BCUT2D eigenvalue weighted by molar-refractivity contribution is -0.161. The molecule has 2 aromatic rings. The maximum atomic E-state index is 13.8. The van der Waals surface area contributed by atoms with Crippen LogP contribution in [-0.2, 0) is 19.1 Å². The van der Waals surface area contributed by atoms with Crippen molar-refractivity contribution in [2.75, 3.05) is 13.9 Å². The van der Waals surface area contributed by atoms with Crippen molar-refractivity contribution in [2.45, 2.75) is 73.0 Å². The number of benzene rings is 1. The number of methoxy groups -OCH3 is 1. The number of carbonyl (C=O) groups excluding carboxylic acids is 3. The van der Waals surface area contributed by atoms with Gasteiger partial charge in [-0.25, -0.2) is 9.37 Å². The topological polar surface area (TPSA) is 110 Å². The quantitative estimate of drug-likeness (QED) is 0.143. The van der Waals surface area contributed by atoms with E-state index in [9.17, 15) is 18.8 Å². The van der Waals surface area contributed by atoms with Crippen LogP contribution in [0.4, 0.5) is 4.39 Å². The number of aromatic nitrogens is 1. The largest absolute Gasteiger partial charge is 0.493 e. The number of Topliss-reactive ketones (excluding diaryl/α,β-unsaturated/α-hetero) is 1. The van der Waals surface area contributed by atoms with Crippen LogP contribution in [0.15, 0.2) is 36.5 Å². The number of ether oxygens (including phenoxy) is 5. The zero-order chi connectivity index (χ0) is 29.8. The molecule has 2 rings (SSSR count). The number of rotatable bonds is 16. The van der Waals surface area contributed by atoms with Gasteiger partial charge in [-0.2, -0.15) is 0 Å². The van der Waals surface area contributed by atoms with E-state index in [0.717, 1.165) is 12.8 Å². The first-order chi connectivity index (χ1) is 19.0. The second-order valence-corrected chi connectivity index (χ2v) is 9.83. The van der Waals surface area contributed by atoms with Gasteiger partial charge in [0.15, 0.2) is 23.0 Å². The SMILES string of the molecule is CCC(CC)[C@@H](Oc1cccc(F)c1)[C@H](C)OC(=O)[C@@H](CC(=O)c1nccc(OC)c1OCOC(C)=O)C(C)C. The first-order valence-electron chi connectivity index (χ1n) is 13.5. The van der Waals surface area contributed by atoms with Crippen molar-refractivity contribution in [1.29, 1.82) is 0 Å². The minimum absolute atomic E-state index is 0.0118. The first-order valence-corrected chi connectivity index (χ1v) is 13.5. The van der Waals surface area contributed by atoms with Gasteiger partial charge in [0.1, 0.15) is 23.8 Å². The van der Waals surface area contributed by atoms with E-state index in [1.165, 1.54) is 38.4 Å². The van der Waals surface area contributed by atoms with Crippen molar-refractivity contribution in [3.05, 3.63) is 48.0 Å². The molecule has 0 spiro atoms. The Balaban J connectivity index is 2.24. The Morgan fingerprint density at radius 2 is 1.75 bits per heavy atom. The second-order valence-electron chi connectivity index (χ2n) is 9.83. The molecule has 0 N–H and O–H groups in total. The molecule has 1 aromatic carbocycles. The average Bonchev–Trinajstić information content (AvgIpc) is 2.91. The lowest BCUT2D eigenvalue weighted by Gasteiger charge is -2.32. The number of hydrogen-bond acceptors (Lipinski definition) is 9. The van der Waals surface area contributed by atoms with E-state index in [1.54, 1.807) is 19.1 Å². The maximum Gasteiger partial charge on any atom is 0.310 e. The molecule has 0 fully saturated rings. The fourth-order valence-electron chi connectivity index (χ4n) is 4.35. The highest BCUT2D eigenvalue weighted by molar-refractivity contribution is 5.99. The van der Waals surface area contributed by atoms with Crippen molar-refractivity contribution in [2.24, 2.45) is 17.8 Å². The summed E-state index contributed by atoms with van der Waals surface area (Å²) in [4.78, 5) is 42.1. The van der Waals surface area contributed by atoms with Crippen molar-refractivity contribution in [1.82, 2.24) is 4.98 Å². The molecule has 0 amide bonds. The molecular weight excluding hydrogens is 521 g/mol. The molecule has 0 bridgehead atoms. The van der Waals surface area contributed by atoms with Crippen LogP contribution in [0.1, 0.15) is 71.3 Å². The van der Waals surface area contributed by atoms with Crippen LogP contribution in [0, 0.1) is 23.6 Å². The molecule has 0 saturated heterocycles. The van der Waals surface area contributed by atoms with E-state index >= 15 is 0 Å². The Bertz CT molecular complexity index is 1130. The monoisotopic (exact) mass is 561 g/mol. The molecule has 0 unspecified atom stereocenters. The van der Waals surface area contributed by atoms with Crippen molar-refractivity contribution in [3.8, 4) is 17.2 Å². The number of halogens is 1. The standard InChI is InChI=1S/C30H40FNO8/c1-8-21(9-2)28(40-23-12-10-11-22(31)15-23)19(5)39-30(35)24(18(3)4)16-25(34)27-29(38-17-37-20(6)33)26(36-7)13-14-32-27/h10-15,18-19,21,24,28H,8-9,16-17H2,1-7H3/t19-,24-,28-/m0/s1. The molecule has 1 heterocycles. The number of esters is 2. The molecule has 0 aliphatic rings. The lowest BCUT2D eigenvalue weighted by Crippen LogP contribution is -2.41. The summed E-state index contributed by atoms with van der Waals surface area (Å²) in [5, 5.41) is 0. The molecule has 40 heavy (non-hydrogen) atoms. The normalized spacial score (nSPS) is 13.3. The second kappa shape index (κ2) is 15.8. The number of ketones is 1. The smallest absolute Gasteiger partial charge is 0.310 e. The van der Waals surface area contributed by atoms with Gasteiger partial charge < -0.3 is 23.7 Å². The lowest BCUT2D eigenvalue weighted by atomic mass is 9.89. The summed E-state index contributed by atoms with van der Waals surface area (Å²) in [6.45, 7) is 10.2. The van der Waals surface area contributed by atoms with Crippen molar-refractivity contribution < 1.29 is 42.5 Å². The third-order valence-electron chi connectivity index (χ3n) is 6.68. The van der Waals surface area contributed by atoms with Crippen LogP contribution in [0.2, 0.25) is 0 Å². The van der Waals surface area contributed by atoms with Gasteiger partial charge in [0.25, 0.3) is 0 Å². The highest BCUT2D eigenvalue weighted by Gasteiger charge is 2.34. The highest BCUT2D eigenvalue weighted by Crippen LogP contribution is 2.32. The molecule has 10 heteroatoms. The Kier molecular flexibility index (Phi) is 12.8. The summed E-state index contributed by atoms with van der Waals surface area (Å²) in [5.41, 5.74) is -0.0534. The highest BCUT2D eigenvalue weighted by atomic mass is 19.1. The number of pyridine rings is 1. The van der Waals surface area contributed by atoms with E-state index in [1.807, 2.05) is 27.7 Å². The summed E-state index contributed by atoms with van der Waals surface area (Å²) >= 11 is 0. The summed E-state index contributed by atoms with van der Waals surface area (Å²) < 4.78 is 41.4. The van der Waals surface area contributed by atoms with E-state index in [0.29, 0.717) is 5.75 Å². The third kappa shape index (κ3) is 9.20. The van der Waals surface area contributed by atoms with Crippen LogP contribution >= 0.6 is 0 Å². The predicted octanol–water partition coefficient (Wildman–Crippen LogP) is 5.79. The van der Waals surface area contributed by atoms with Gasteiger partial charge in [-0.05, 0) is 43.7 Å². The number of carbonyl (C=O) groups is 3. The molecular formula is C30H40FNO8. The zero-order valence-electron chi connectivity index (χ0n) is 24.3. The molecule has 0 aliphatic carbocycles. The zero-order valence-corrected chi connectivity index (χ0v) is 24.3. The van der Waals surface area contributed by atoms with Crippen molar-refractivity contribution in [3.63, 3.8) is 0 Å². The molecule has 9 nitrogen and oxygen atoms in total. The van der Waals surface area contributed by atoms with Crippen LogP contribution in [0.3, 0.4) is 0 Å². The molecule has 220 valence electrons. The Labute approximate surface area is 235 Å². The predicted molar refractivity (Wildman–Crippen MR) is 146 cm³/mol. The van der Waals surface area contributed by atoms with Gasteiger partial charge in [-0.3, -0.25) is 14.4 Å². The molecule has 1 aromatic heterocycles. The van der Waals surface area contributed by atoms with E-state index < -0.39 is 48.5 Å². The number of hydrogen-bond donors (Lipinski definition) is 0. The summed E-state index contributed by atoms with van der Waals surface area (Å²) in [5.74, 6) is -2.40. The molecule has 3 atom stereocenters.